The molecule has 2 heterocycles. The van der Waals surface area contributed by atoms with E-state index in [0.29, 0.717) is 34.0 Å². The van der Waals surface area contributed by atoms with Gasteiger partial charge in [-0.2, -0.15) is 0 Å². The summed E-state index contributed by atoms with van der Waals surface area (Å²) in [5, 5.41) is 20.3. The van der Waals surface area contributed by atoms with Crippen molar-refractivity contribution in [3.05, 3.63) is 101 Å². The summed E-state index contributed by atoms with van der Waals surface area (Å²) in [6, 6.07) is 16.6. The third-order valence-electron chi connectivity index (χ3n) is 5.51. The maximum Gasteiger partial charge on any atom is 0.338 e. The highest BCUT2D eigenvalue weighted by molar-refractivity contribution is 5.96. The number of benzene rings is 3. The average Bonchev–Trinajstić information content (AvgIpc) is 3.32. The van der Waals surface area contributed by atoms with Gasteiger partial charge in [-0.25, -0.2) is 14.6 Å². The number of aromatic nitrogens is 2. The van der Waals surface area contributed by atoms with Crippen LogP contribution in [0.25, 0.3) is 22.0 Å². The molecule has 0 saturated heterocycles. The van der Waals surface area contributed by atoms with E-state index in [4.69, 9.17) is 14.3 Å². The second kappa shape index (κ2) is 8.67. The Kier molecular flexibility index (Phi) is 5.39. The number of carboxylic acid groups (broad SMARTS) is 1. The van der Waals surface area contributed by atoms with E-state index in [1.807, 2.05) is 0 Å². The molecule has 5 rings (SSSR count). The van der Waals surface area contributed by atoms with Crippen LogP contribution < -0.4 is 0 Å². The zero-order chi connectivity index (χ0) is 23.7. The highest BCUT2D eigenvalue weighted by Gasteiger charge is 2.14. The quantitative estimate of drug-likeness (QED) is 0.353. The molecule has 0 amide bonds. The number of carbonyl (C=O) groups excluding carboxylic acids is 1. The summed E-state index contributed by atoms with van der Waals surface area (Å²) < 4.78 is 10.6. The minimum Gasteiger partial charge on any atom is -0.507 e. The monoisotopic (exact) mass is 454 g/mol. The molecule has 0 atom stereocenters. The van der Waals surface area contributed by atoms with E-state index in [1.165, 1.54) is 18.5 Å². The van der Waals surface area contributed by atoms with Crippen LogP contribution in [0, 0.1) is 0 Å². The summed E-state index contributed by atoms with van der Waals surface area (Å²) in [6.45, 7) is 0.0658. The van der Waals surface area contributed by atoms with Gasteiger partial charge in [0, 0.05) is 23.6 Å². The van der Waals surface area contributed by atoms with Crippen molar-refractivity contribution >= 4 is 33.9 Å². The van der Waals surface area contributed by atoms with Crippen LogP contribution in [0.5, 0.6) is 5.75 Å². The van der Waals surface area contributed by atoms with Crippen molar-refractivity contribution in [2.24, 2.45) is 0 Å². The molecule has 0 spiro atoms. The van der Waals surface area contributed by atoms with Gasteiger partial charge in [-0.05, 0) is 53.6 Å². The van der Waals surface area contributed by atoms with Crippen LogP contribution in [0.3, 0.4) is 0 Å². The zero-order valence-corrected chi connectivity index (χ0v) is 17.8. The highest BCUT2D eigenvalue weighted by Crippen LogP contribution is 2.30. The van der Waals surface area contributed by atoms with E-state index in [1.54, 1.807) is 54.7 Å². The number of pyridine rings is 1. The first-order valence-corrected chi connectivity index (χ1v) is 10.4. The molecule has 0 aliphatic carbocycles. The summed E-state index contributed by atoms with van der Waals surface area (Å²) in [5.41, 5.74) is 4.50. The molecule has 3 aromatic carbocycles. The Morgan fingerprint density at radius 2 is 1.65 bits per heavy atom. The van der Waals surface area contributed by atoms with Gasteiger partial charge in [-0.15, -0.1) is 0 Å². The van der Waals surface area contributed by atoms with E-state index in [0.717, 1.165) is 11.1 Å². The van der Waals surface area contributed by atoms with Crippen LogP contribution in [0.1, 0.15) is 37.4 Å². The van der Waals surface area contributed by atoms with Gasteiger partial charge < -0.3 is 19.4 Å². The lowest BCUT2D eigenvalue weighted by Crippen LogP contribution is -2.05. The van der Waals surface area contributed by atoms with Crippen molar-refractivity contribution < 1.29 is 29.0 Å². The molecule has 2 N–H and O–H groups in total. The summed E-state index contributed by atoms with van der Waals surface area (Å²) in [5.74, 6) is -1.52. The van der Waals surface area contributed by atoms with Gasteiger partial charge in [0.1, 0.15) is 17.9 Å². The fraction of sp³-hybridized carbons (Fsp3) is 0.0769. The molecule has 0 aliphatic rings. The van der Waals surface area contributed by atoms with Crippen LogP contribution in [0.2, 0.25) is 0 Å². The fourth-order valence-corrected chi connectivity index (χ4v) is 3.69. The number of carbonyl (C=O) groups is 2. The lowest BCUT2D eigenvalue weighted by atomic mass is 10.0. The second-order valence-electron chi connectivity index (χ2n) is 7.77. The minimum atomic E-state index is -1.00. The van der Waals surface area contributed by atoms with E-state index in [9.17, 15) is 14.7 Å². The van der Waals surface area contributed by atoms with Gasteiger partial charge in [0.05, 0.1) is 16.6 Å². The average molecular weight is 454 g/mol. The van der Waals surface area contributed by atoms with Crippen molar-refractivity contribution in [2.45, 2.75) is 13.0 Å². The van der Waals surface area contributed by atoms with Crippen molar-refractivity contribution in [1.82, 2.24) is 9.97 Å². The molecule has 0 unspecified atom stereocenters. The molecule has 8 heteroatoms. The number of esters is 1. The van der Waals surface area contributed by atoms with E-state index in [2.05, 4.69) is 9.97 Å². The van der Waals surface area contributed by atoms with Crippen LogP contribution in [-0.4, -0.2) is 32.1 Å². The number of hydrogen-bond acceptors (Lipinski definition) is 7. The molecule has 0 bridgehead atoms. The van der Waals surface area contributed by atoms with Crippen molar-refractivity contribution in [3.63, 3.8) is 0 Å². The first kappa shape index (κ1) is 21.1. The lowest BCUT2D eigenvalue weighted by Gasteiger charge is -2.10. The molecule has 2 aromatic heterocycles. The Labute approximate surface area is 193 Å². The lowest BCUT2D eigenvalue weighted by molar-refractivity contribution is 0.0472. The molecule has 34 heavy (non-hydrogen) atoms. The van der Waals surface area contributed by atoms with Gasteiger partial charge >= 0.3 is 11.9 Å². The first-order chi connectivity index (χ1) is 16.5. The second-order valence-corrected chi connectivity index (χ2v) is 7.77. The van der Waals surface area contributed by atoms with Gasteiger partial charge in [0.15, 0.2) is 12.0 Å². The Morgan fingerprint density at radius 1 is 0.882 bits per heavy atom. The number of fused-ring (bicyclic) bond motifs is 2. The number of carboxylic acids is 1. The van der Waals surface area contributed by atoms with Crippen molar-refractivity contribution in [3.8, 4) is 5.75 Å². The molecular formula is C26H18N2O6. The van der Waals surface area contributed by atoms with Gasteiger partial charge in [0.2, 0.25) is 0 Å². The molecule has 0 fully saturated rings. The van der Waals surface area contributed by atoms with Crippen molar-refractivity contribution in [1.29, 1.82) is 0 Å². The fourth-order valence-electron chi connectivity index (χ4n) is 3.69. The Hall–Kier alpha value is -4.72. The standard InChI is InChI=1S/C26H18N2O6/c29-24-19(9-15-1-4-17(5-2-15)25(30)31)12-27-21-7-6-18(11-20(21)24)26(32)33-13-16-3-8-23-22(10-16)28-14-34-23/h1-8,10-12,14H,9,13H2,(H,27,29)(H,30,31). The molecular weight excluding hydrogens is 436 g/mol. The van der Waals surface area contributed by atoms with Crippen LogP contribution in [-0.2, 0) is 17.8 Å². The number of aromatic carboxylic acids is 1. The third kappa shape index (κ3) is 4.16. The number of oxazole rings is 1. The maximum atomic E-state index is 12.6. The predicted octanol–water partition coefficient (Wildman–Crippen LogP) is 4.73. The zero-order valence-electron chi connectivity index (χ0n) is 17.8. The van der Waals surface area contributed by atoms with Gasteiger partial charge in [-0.1, -0.05) is 18.2 Å². The van der Waals surface area contributed by atoms with Crippen molar-refractivity contribution in [2.75, 3.05) is 0 Å². The normalized spacial score (nSPS) is 11.1. The predicted molar refractivity (Wildman–Crippen MR) is 123 cm³/mol. The topological polar surface area (TPSA) is 123 Å². The molecule has 168 valence electrons. The summed E-state index contributed by atoms with van der Waals surface area (Å²) in [4.78, 5) is 32.1. The summed E-state index contributed by atoms with van der Waals surface area (Å²) in [6.07, 6.45) is 3.28. The van der Waals surface area contributed by atoms with Crippen LogP contribution in [0.15, 0.2) is 77.7 Å². The summed E-state index contributed by atoms with van der Waals surface area (Å²) >= 11 is 0. The van der Waals surface area contributed by atoms with Gasteiger partial charge in [0.25, 0.3) is 0 Å². The van der Waals surface area contributed by atoms with Crippen LogP contribution in [0.4, 0.5) is 0 Å². The molecule has 8 nitrogen and oxygen atoms in total. The molecule has 0 radical (unpaired) electrons. The molecule has 0 aliphatic heterocycles. The molecule has 0 saturated carbocycles. The van der Waals surface area contributed by atoms with E-state index >= 15 is 0 Å². The smallest absolute Gasteiger partial charge is 0.338 e. The largest absolute Gasteiger partial charge is 0.507 e. The Bertz CT molecular complexity index is 1540. The van der Waals surface area contributed by atoms with Crippen LogP contribution >= 0.6 is 0 Å². The Morgan fingerprint density at radius 3 is 2.44 bits per heavy atom. The maximum absolute atomic E-state index is 12.6. The van der Waals surface area contributed by atoms with E-state index < -0.39 is 11.9 Å². The highest BCUT2D eigenvalue weighted by atomic mass is 16.5. The number of aromatic hydroxyl groups is 1. The van der Waals surface area contributed by atoms with Gasteiger partial charge in [-0.3, -0.25) is 4.98 Å². The number of ether oxygens (including phenoxy) is 1. The number of rotatable bonds is 6. The Balaban J connectivity index is 1.35. The number of hydrogen-bond donors (Lipinski definition) is 2. The first-order valence-electron chi connectivity index (χ1n) is 10.4. The summed E-state index contributed by atoms with van der Waals surface area (Å²) in [7, 11) is 0. The number of nitrogens with zero attached hydrogens (tertiary/aromatic N) is 2. The minimum absolute atomic E-state index is 0.0124. The third-order valence-corrected chi connectivity index (χ3v) is 5.51. The van der Waals surface area contributed by atoms with E-state index in [-0.39, 0.29) is 23.5 Å². The SMILES string of the molecule is O=C(O)c1ccc(Cc2cnc3ccc(C(=O)OCc4ccc5ocnc5c4)cc3c2O)cc1. The molecule has 5 aromatic rings.